The van der Waals surface area contributed by atoms with Gasteiger partial charge in [-0.3, -0.25) is 9.48 Å². The molecule has 0 aliphatic rings. The maximum absolute atomic E-state index is 12.3. The standard InChI is InChI=1S/C16H21N3O4/c1-3-13(10-20)23-14-8-11(7-12(21)9-14)16(22)17-15-5-6-19(4-2)18-15/h5-9,13,20-21H,3-4,10H2,1-2H3,(H,17,18,22)/t13-/m0/s1. The first-order chi connectivity index (χ1) is 11.0. The first-order valence-electron chi connectivity index (χ1n) is 7.52. The third-order valence-electron chi connectivity index (χ3n) is 3.32. The van der Waals surface area contributed by atoms with Gasteiger partial charge < -0.3 is 20.3 Å². The number of aromatic nitrogens is 2. The molecule has 0 aliphatic heterocycles. The minimum atomic E-state index is -0.399. The fourth-order valence-corrected chi connectivity index (χ4v) is 2.02. The third kappa shape index (κ3) is 4.46. The van der Waals surface area contributed by atoms with Crippen molar-refractivity contribution >= 4 is 11.7 Å². The summed E-state index contributed by atoms with van der Waals surface area (Å²) in [7, 11) is 0. The molecule has 0 bridgehead atoms. The molecule has 7 heteroatoms. The number of amides is 1. The van der Waals surface area contributed by atoms with Crippen molar-refractivity contribution < 1.29 is 19.7 Å². The van der Waals surface area contributed by atoms with Crippen LogP contribution in [0.5, 0.6) is 11.5 Å². The SMILES string of the molecule is CC[C@@H](CO)Oc1cc(O)cc(C(=O)Nc2ccn(CC)n2)c1. The van der Waals surface area contributed by atoms with Crippen LogP contribution in [0.25, 0.3) is 0 Å². The fraction of sp³-hybridized carbons (Fsp3) is 0.375. The number of carbonyl (C=O) groups excluding carboxylic acids is 1. The number of anilines is 1. The van der Waals surface area contributed by atoms with Crippen LogP contribution >= 0.6 is 0 Å². The van der Waals surface area contributed by atoms with Gasteiger partial charge >= 0.3 is 0 Å². The molecule has 0 radical (unpaired) electrons. The zero-order valence-corrected chi connectivity index (χ0v) is 13.2. The van der Waals surface area contributed by atoms with E-state index in [0.29, 0.717) is 24.5 Å². The number of hydrogen-bond donors (Lipinski definition) is 3. The van der Waals surface area contributed by atoms with Crippen LogP contribution in [0.2, 0.25) is 0 Å². The van der Waals surface area contributed by atoms with Crippen LogP contribution in [-0.4, -0.2) is 38.6 Å². The predicted molar refractivity (Wildman–Crippen MR) is 85.8 cm³/mol. The second-order valence-corrected chi connectivity index (χ2v) is 5.06. The van der Waals surface area contributed by atoms with E-state index in [1.165, 1.54) is 18.2 Å². The maximum atomic E-state index is 12.3. The fourth-order valence-electron chi connectivity index (χ4n) is 2.02. The Morgan fingerprint density at radius 2 is 2.17 bits per heavy atom. The van der Waals surface area contributed by atoms with Crippen LogP contribution in [0.15, 0.2) is 30.5 Å². The van der Waals surface area contributed by atoms with Crippen molar-refractivity contribution in [3.8, 4) is 11.5 Å². The summed E-state index contributed by atoms with van der Waals surface area (Å²) in [5, 5.41) is 25.8. The molecule has 0 saturated heterocycles. The Kier molecular flexibility index (Phi) is 5.59. The second kappa shape index (κ2) is 7.64. The van der Waals surface area contributed by atoms with Gasteiger partial charge in [-0.25, -0.2) is 0 Å². The quantitative estimate of drug-likeness (QED) is 0.725. The van der Waals surface area contributed by atoms with E-state index in [1.807, 2.05) is 13.8 Å². The van der Waals surface area contributed by atoms with E-state index in [1.54, 1.807) is 16.9 Å². The van der Waals surface area contributed by atoms with Gasteiger partial charge in [0, 0.05) is 30.4 Å². The van der Waals surface area contributed by atoms with Gasteiger partial charge in [-0.1, -0.05) is 6.92 Å². The van der Waals surface area contributed by atoms with Gasteiger partial charge in [-0.05, 0) is 25.5 Å². The number of phenols is 1. The number of aliphatic hydroxyl groups is 1. The Balaban J connectivity index is 2.14. The summed E-state index contributed by atoms with van der Waals surface area (Å²) < 4.78 is 7.24. The minimum Gasteiger partial charge on any atom is -0.508 e. The Morgan fingerprint density at radius 1 is 1.39 bits per heavy atom. The van der Waals surface area contributed by atoms with Crippen molar-refractivity contribution in [2.24, 2.45) is 0 Å². The Morgan fingerprint density at radius 3 is 2.78 bits per heavy atom. The average Bonchev–Trinajstić information content (AvgIpc) is 2.99. The molecule has 124 valence electrons. The Hall–Kier alpha value is -2.54. The Labute approximate surface area is 134 Å². The van der Waals surface area contributed by atoms with Crippen LogP contribution in [-0.2, 0) is 6.54 Å². The highest BCUT2D eigenvalue weighted by molar-refractivity contribution is 6.04. The molecule has 2 aromatic rings. The number of aryl methyl sites for hydroxylation is 1. The molecule has 1 aromatic carbocycles. The monoisotopic (exact) mass is 319 g/mol. The molecule has 1 amide bonds. The van der Waals surface area contributed by atoms with E-state index in [9.17, 15) is 15.0 Å². The maximum Gasteiger partial charge on any atom is 0.257 e. The van der Waals surface area contributed by atoms with Crippen molar-refractivity contribution in [1.29, 1.82) is 0 Å². The first kappa shape index (κ1) is 16.8. The first-order valence-corrected chi connectivity index (χ1v) is 7.52. The van der Waals surface area contributed by atoms with Crippen molar-refractivity contribution in [2.45, 2.75) is 32.9 Å². The summed E-state index contributed by atoms with van der Waals surface area (Å²) in [6.45, 7) is 4.39. The lowest BCUT2D eigenvalue weighted by atomic mass is 10.2. The minimum absolute atomic E-state index is 0.0838. The zero-order valence-electron chi connectivity index (χ0n) is 13.2. The molecule has 2 rings (SSSR count). The van der Waals surface area contributed by atoms with Gasteiger partial charge in [0.1, 0.15) is 17.6 Å². The molecule has 0 aliphatic carbocycles. The largest absolute Gasteiger partial charge is 0.508 e. The van der Waals surface area contributed by atoms with Gasteiger partial charge in [-0.2, -0.15) is 5.10 Å². The highest BCUT2D eigenvalue weighted by atomic mass is 16.5. The summed E-state index contributed by atoms with van der Waals surface area (Å²) in [4.78, 5) is 12.3. The second-order valence-electron chi connectivity index (χ2n) is 5.06. The van der Waals surface area contributed by atoms with Gasteiger partial charge in [-0.15, -0.1) is 0 Å². The topological polar surface area (TPSA) is 96.6 Å². The van der Waals surface area contributed by atoms with Gasteiger partial charge in [0.2, 0.25) is 0 Å². The van der Waals surface area contributed by atoms with E-state index >= 15 is 0 Å². The molecule has 3 N–H and O–H groups in total. The van der Waals surface area contributed by atoms with Gasteiger partial charge in [0.25, 0.3) is 5.91 Å². The van der Waals surface area contributed by atoms with Crippen LogP contribution in [0.4, 0.5) is 5.82 Å². The number of hydrogen-bond acceptors (Lipinski definition) is 5. The lowest BCUT2D eigenvalue weighted by molar-refractivity contribution is 0.102. The molecule has 0 fully saturated rings. The zero-order chi connectivity index (χ0) is 16.8. The molecule has 7 nitrogen and oxygen atoms in total. The molecule has 23 heavy (non-hydrogen) atoms. The summed E-state index contributed by atoms with van der Waals surface area (Å²) in [5.41, 5.74) is 0.249. The number of aliphatic hydroxyl groups excluding tert-OH is 1. The lowest BCUT2D eigenvalue weighted by Crippen LogP contribution is -2.20. The van der Waals surface area contributed by atoms with Crippen LogP contribution in [0.3, 0.4) is 0 Å². The highest BCUT2D eigenvalue weighted by Gasteiger charge is 2.13. The van der Waals surface area contributed by atoms with Crippen LogP contribution < -0.4 is 10.1 Å². The molecule has 1 atom stereocenters. The van der Waals surface area contributed by atoms with Gasteiger partial charge in [0.05, 0.1) is 6.61 Å². The number of carbonyl (C=O) groups is 1. The number of phenolic OH excluding ortho intramolecular Hbond substituents is 1. The van der Waals surface area contributed by atoms with E-state index in [-0.39, 0.29) is 24.0 Å². The van der Waals surface area contributed by atoms with Crippen LogP contribution in [0, 0.1) is 0 Å². The lowest BCUT2D eigenvalue weighted by Gasteiger charge is -2.15. The van der Waals surface area contributed by atoms with Crippen molar-refractivity contribution in [1.82, 2.24) is 9.78 Å². The van der Waals surface area contributed by atoms with E-state index in [4.69, 9.17) is 4.74 Å². The normalized spacial score (nSPS) is 12.0. The molecular formula is C16H21N3O4. The molecule has 1 heterocycles. The number of nitrogens with zero attached hydrogens (tertiary/aromatic N) is 2. The van der Waals surface area contributed by atoms with Gasteiger partial charge in [0.15, 0.2) is 5.82 Å². The number of aromatic hydroxyl groups is 1. The summed E-state index contributed by atoms with van der Waals surface area (Å²) >= 11 is 0. The van der Waals surface area contributed by atoms with Crippen molar-refractivity contribution in [3.63, 3.8) is 0 Å². The molecule has 0 saturated carbocycles. The predicted octanol–water partition coefficient (Wildman–Crippen LogP) is 2.01. The molecule has 1 aromatic heterocycles. The Bertz CT molecular complexity index is 665. The average molecular weight is 319 g/mol. The summed E-state index contributed by atoms with van der Waals surface area (Å²) in [5.74, 6) is 0.281. The van der Waals surface area contributed by atoms with E-state index in [2.05, 4.69) is 10.4 Å². The molecule has 0 unspecified atom stereocenters. The van der Waals surface area contributed by atoms with E-state index < -0.39 is 5.91 Å². The van der Waals surface area contributed by atoms with Crippen molar-refractivity contribution in [2.75, 3.05) is 11.9 Å². The smallest absolute Gasteiger partial charge is 0.257 e. The third-order valence-corrected chi connectivity index (χ3v) is 3.32. The van der Waals surface area contributed by atoms with Crippen LogP contribution in [0.1, 0.15) is 30.6 Å². The van der Waals surface area contributed by atoms with E-state index in [0.717, 1.165) is 0 Å². The van der Waals surface area contributed by atoms with Crippen molar-refractivity contribution in [3.05, 3.63) is 36.0 Å². The highest BCUT2D eigenvalue weighted by Crippen LogP contribution is 2.24. The number of ether oxygens (including phenoxy) is 1. The molecular weight excluding hydrogens is 298 g/mol. The number of rotatable bonds is 7. The number of nitrogens with one attached hydrogen (secondary N) is 1. The molecule has 0 spiro atoms. The summed E-state index contributed by atoms with van der Waals surface area (Å²) in [6, 6.07) is 5.96. The number of benzene rings is 1. The summed E-state index contributed by atoms with van der Waals surface area (Å²) in [6.07, 6.45) is 2.00.